The van der Waals surface area contributed by atoms with Crippen molar-refractivity contribution < 1.29 is 38.3 Å². The normalized spacial score (nSPS) is 25.5. The van der Waals surface area contributed by atoms with Crippen LogP contribution in [0.25, 0.3) is 0 Å². The number of likely N-dealkylation sites (tertiary alicyclic amines) is 1. The maximum absolute atomic E-state index is 11.9. The molecular weight excluding hydrogens is 565 g/mol. The van der Waals surface area contributed by atoms with Gasteiger partial charge in [0.05, 0.1) is 26.4 Å². The fraction of sp³-hybridized carbons (Fsp3) is 0.935. The summed E-state index contributed by atoms with van der Waals surface area (Å²) in [5.41, 5.74) is 0.767. The van der Waals surface area contributed by atoms with Gasteiger partial charge >= 0.3 is 12.3 Å². The average Bonchev–Trinajstić information content (AvgIpc) is 2.86. The SMILES string of the molecule is C1CN(CC2CC3(CNC3)C2)CCO1.CC(C)(C)OC(=O)N1CC2(CC(CN3CCOCC3)C2)C1.O=CC(F)(F)F.[2H]CC. The van der Waals surface area contributed by atoms with Gasteiger partial charge in [0.2, 0.25) is 6.29 Å². The topological polar surface area (TPSA) is 83.6 Å². The molecule has 9 nitrogen and oxygen atoms in total. The molecule has 2 spiro atoms. The molecule has 0 aromatic carbocycles. The zero-order valence-electron chi connectivity index (χ0n) is 27.7. The molecule has 4 heterocycles. The summed E-state index contributed by atoms with van der Waals surface area (Å²) in [4.78, 5) is 27.6. The standard InChI is InChI=1S/C16H28N2O3.C11H20N2O.C2HF3O.C2H6/c1-15(2,3)21-14(19)18-11-16(12-18)8-13(9-16)10-17-4-6-20-7-5-17;1-3-14-4-2-13(1)7-10-5-11(6-10)8-12-9-11;3-2(4,5)1-6;1-2/h13H,4-12H2,1-3H3;10,12H,1-9H2;1H;1-2H3/i;;;1D. The number of halogens is 3. The smallest absolute Gasteiger partial charge is 0.444 e. The maximum Gasteiger partial charge on any atom is 0.446 e. The largest absolute Gasteiger partial charge is 0.446 e. The van der Waals surface area contributed by atoms with Crippen molar-refractivity contribution in [2.45, 2.75) is 72.1 Å². The van der Waals surface area contributed by atoms with Gasteiger partial charge in [-0.15, -0.1) is 0 Å². The molecule has 0 unspecified atom stereocenters. The highest BCUT2D eigenvalue weighted by atomic mass is 19.4. The van der Waals surface area contributed by atoms with Crippen LogP contribution in [-0.2, 0) is 19.0 Å². The summed E-state index contributed by atoms with van der Waals surface area (Å²) in [5.74, 6) is 1.79. The molecule has 0 aromatic heterocycles. The monoisotopic (exact) mass is 621 g/mol. The quantitative estimate of drug-likeness (QED) is 0.471. The maximum atomic E-state index is 11.9. The third kappa shape index (κ3) is 11.4. The fourth-order valence-corrected chi connectivity index (χ4v) is 7.13. The lowest BCUT2D eigenvalue weighted by Crippen LogP contribution is -2.65. The van der Waals surface area contributed by atoms with Crippen molar-refractivity contribution in [1.82, 2.24) is 20.0 Å². The molecule has 2 saturated carbocycles. The van der Waals surface area contributed by atoms with Crippen molar-refractivity contribution in [2.75, 3.05) is 91.9 Å². The number of aldehydes is 1. The number of carbonyl (C=O) groups is 2. The second kappa shape index (κ2) is 15.7. The van der Waals surface area contributed by atoms with Crippen LogP contribution in [0.1, 0.15) is 61.6 Å². The van der Waals surface area contributed by atoms with Gasteiger partial charge in [0.15, 0.2) is 0 Å². The number of hydrogen-bond donors (Lipinski definition) is 1. The van der Waals surface area contributed by atoms with Gasteiger partial charge in [0.25, 0.3) is 0 Å². The number of nitrogens with zero attached hydrogens (tertiary/aromatic N) is 3. The molecule has 0 aromatic rings. The van der Waals surface area contributed by atoms with Crippen molar-refractivity contribution in [3.05, 3.63) is 0 Å². The molecule has 6 rings (SSSR count). The number of rotatable bonds is 4. The predicted octanol–water partition coefficient (Wildman–Crippen LogP) is 4.06. The van der Waals surface area contributed by atoms with Crippen LogP contribution in [0.4, 0.5) is 18.0 Å². The highest BCUT2D eigenvalue weighted by Crippen LogP contribution is 2.52. The summed E-state index contributed by atoms with van der Waals surface area (Å²) >= 11 is 0. The van der Waals surface area contributed by atoms with Crippen LogP contribution in [0, 0.1) is 22.7 Å². The molecule has 2 aliphatic carbocycles. The zero-order chi connectivity index (χ0) is 32.4. The molecule has 0 atom stereocenters. The van der Waals surface area contributed by atoms with Crippen molar-refractivity contribution in [2.24, 2.45) is 22.7 Å². The summed E-state index contributed by atoms with van der Waals surface area (Å²) in [7, 11) is 0. The molecule has 0 radical (unpaired) electrons. The Labute approximate surface area is 257 Å². The van der Waals surface area contributed by atoms with E-state index in [2.05, 4.69) is 15.1 Å². The molecule has 1 N–H and O–H groups in total. The number of morpholine rings is 2. The van der Waals surface area contributed by atoms with Gasteiger partial charge in [-0.3, -0.25) is 14.6 Å². The van der Waals surface area contributed by atoms with E-state index in [0.717, 1.165) is 82.9 Å². The van der Waals surface area contributed by atoms with Crippen LogP contribution in [0.3, 0.4) is 0 Å². The first-order valence-corrected chi connectivity index (χ1v) is 15.8. The molecule has 4 aliphatic heterocycles. The third-order valence-corrected chi connectivity index (χ3v) is 8.96. The summed E-state index contributed by atoms with van der Waals surface area (Å²) in [6.45, 7) is 23.0. The Morgan fingerprint density at radius 2 is 1.30 bits per heavy atom. The number of nitrogens with one attached hydrogen (secondary N) is 1. The van der Waals surface area contributed by atoms with E-state index in [1.165, 1.54) is 51.9 Å². The first-order chi connectivity index (χ1) is 20.7. The van der Waals surface area contributed by atoms with Gasteiger partial charge < -0.3 is 24.4 Å². The number of amides is 1. The summed E-state index contributed by atoms with van der Waals surface area (Å²) in [6, 6.07) is 0. The van der Waals surface area contributed by atoms with E-state index in [4.69, 9.17) is 20.4 Å². The van der Waals surface area contributed by atoms with E-state index >= 15 is 0 Å². The average molecular weight is 622 g/mol. The van der Waals surface area contributed by atoms with Gasteiger partial charge in [0, 0.05) is 72.2 Å². The van der Waals surface area contributed by atoms with Crippen molar-refractivity contribution >= 4 is 12.4 Å². The second-order valence-corrected chi connectivity index (χ2v) is 14.0. The number of alkyl halides is 3. The van der Waals surface area contributed by atoms with E-state index in [1.807, 2.05) is 25.7 Å². The van der Waals surface area contributed by atoms with E-state index in [9.17, 15) is 18.0 Å². The van der Waals surface area contributed by atoms with E-state index in [0.29, 0.717) is 12.3 Å². The minimum atomic E-state index is -4.64. The Kier molecular flexibility index (Phi) is 12.6. The first kappa shape index (κ1) is 34.4. The lowest BCUT2D eigenvalue weighted by Gasteiger charge is -2.59. The van der Waals surface area contributed by atoms with Crippen LogP contribution in [0.2, 0.25) is 0 Å². The zero-order valence-corrected chi connectivity index (χ0v) is 26.7. The van der Waals surface area contributed by atoms with Gasteiger partial charge in [-0.25, -0.2) is 4.79 Å². The molecule has 250 valence electrons. The van der Waals surface area contributed by atoms with Crippen LogP contribution < -0.4 is 5.32 Å². The fourth-order valence-electron chi connectivity index (χ4n) is 7.13. The molecule has 4 saturated heterocycles. The minimum Gasteiger partial charge on any atom is -0.444 e. The molecule has 12 heteroatoms. The Balaban J connectivity index is 0.000000197. The summed E-state index contributed by atoms with van der Waals surface area (Å²) in [6.07, 6.45) is -0.376. The van der Waals surface area contributed by atoms with Crippen LogP contribution >= 0.6 is 0 Å². The molecule has 43 heavy (non-hydrogen) atoms. The van der Waals surface area contributed by atoms with Crippen molar-refractivity contribution in [1.29, 1.82) is 0 Å². The lowest BCUT2D eigenvalue weighted by molar-refractivity contribution is -0.156. The Morgan fingerprint density at radius 1 is 0.907 bits per heavy atom. The van der Waals surface area contributed by atoms with Crippen LogP contribution in [-0.4, -0.2) is 131 Å². The Hall–Kier alpha value is -1.47. The molecule has 6 fully saturated rings. The van der Waals surface area contributed by atoms with Crippen LogP contribution in [0.15, 0.2) is 0 Å². The highest BCUT2D eigenvalue weighted by molar-refractivity contribution is 5.69. The van der Waals surface area contributed by atoms with Gasteiger partial charge in [0.1, 0.15) is 5.60 Å². The van der Waals surface area contributed by atoms with Crippen LogP contribution in [0.5, 0.6) is 0 Å². The summed E-state index contributed by atoms with van der Waals surface area (Å²) < 4.78 is 53.6. The second-order valence-electron chi connectivity index (χ2n) is 14.0. The first-order valence-electron chi connectivity index (χ1n) is 16.5. The molecule has 6 aliphatic rings. The Morgan fingerprint density at radius 3 is 1.63 bits per heavy atom. The van der Waals surface area contributed by atoms with E-state index in [-0.39, 0.29) is 6.09 Å². The minimum absolute atomic E-state index is 0.148. The number of ether oxygens (including phenoxy) is 3. The summed E-state index contributed by atoms with van der Waals surface area (Å²) in [5, 5.41) is 3.39. The number of hydrogen-bond acceptors (Lipinski definition) is 8. The lowest BCUT2D eigenvalue weighted by atomic mass is 9.57. The van der Waals surface area contributed by atoms with Crippen molar-refractivity contribution in [3.63, 3.8) is 0 Å². The number of carbonyl (C=O) groups excluding carboxylic acids is 2. The van der Waals surface area contributed by atoms with E-state index in [1.54, 1.807) is 6.92 Å². The van der Waals surface area contributed by atoms with E-state index < -0.39 is 18.1 Å². The Bertz CT molecular complexity index is 869. The molecule has 0 bridgehead atoms. The molecular formula is C31H55F3N4O5. The molecule has 1 amide bonds. The predicted molar refractivity (Wildman–Crippen MR) is 159 cm³/mol. The van der Waals surface area contributed by atoms with Gasteiger partial charge in [-0.1, -0.05) is 13.8 Å². The van der Waals surface area contributed by atoms with Gasteiger partial charge in [-0.2, -0.15) is 13.2 Å². The van der Waals surface area contributed by atoms with Crippen molar-refractivity contribution in [3.8, 4) is 0 Å². The third-order valence-electron chi connectivity index (χ3n) is 8.96. The highest BCUT2D eigenvalue weighted by Gasteiger charge is 2.54. The van der Waals surface area contributed by atoms with Gasteiger partial charge in [-0.05, 0) is 63.7 Å².